The van der Waals surface area contributed by atoms with Crippen LogP contribution in [-0.4, -0.2) is 52.6 Å². The first-order valence-electron chi connectivity index (χ1n) is 9.12. The molecule has 0 radical (unpaired) electrons. The number of carbonyl (C=O) groups is 1. The summed E-state index contributed by atoms with van der Waals surface area (Å²) in [4.78, 5) is 14.6. The number of morpholine rings is 1. The zero-order chi connectivity index (χ0) is 20.1. The molecule has 0 bridgehead atoms. The molecule has 1 aliphatic rings. The third-order valence-corrected chi connectivity index (χ3v) is 6.01. The highest BCUT2D eigenvalue weighted by Gasteiger charge is 2.23. The molecule has 28 heavy (non-hydrogen) atoms. The van der Waals surface area contributed by atoms with E-state index in [-0.39, 0.29) is 16.5 Å². The first-order chi connectivity index (χ1) is 13.5. The van der Waals surface area contributed by atoms with Gasteiger partial charge < -0.3 is 14.4 Å². The van der Waals surface area contributed by atoms with Crippen LogP contribution >= 0.6 is 0 Å². The average molecular weight is 404 g/mol. The van der Waals surface area contributed by atoms with E-state index in [0.29, 0.717) is 44.0 Å². The van der Waals surface area contributed by atoms with Crippen molar-refractivity contribution in [3.05, 3.63) is 53.6 Å². The molecule has 1 aliphatic heterocycles. The Morgan fingerprint density at radius 1 is 1.18 bits per heavy atom. The number of ether oxygens (including phenoxy) is 2. The summed E-state index contributed by atoms with van der Waals surface area (Å²) in [5.74, 6) is 0.426. The van der Waals surface area contributed by atoms with Gasteiger partial charge in [-0.2, -0.15) is 0 Å². The van der Waals surface area contributed by atoms with Crippen LogP contribution in [0.5, 0.6) is 5.75 Å². The highest BCUT2D eigenvalue weighted by Crippen LogP contribution is 2.26. The summed E-state index contributed by atoms with van der Waals surface area (Å²) in [7, 11) is -2.31. The lowest BCUT2D eigenvalue weighted by Crippen LogP contribution is -2.41. The van der Waals surface area contributed by atoms with Gasteiger partial charge in [0.25, 0.3) is 15.9 Å². The Balaban J connectivity index is 1.90. The Kier molecular flexibility index (Phi) is 6.21. The van der Waals surface area contributed by atoms with Gasteiger partial charge in [0.2, 0.25) is 0 Å². The van der Waals surface area contributed by atoms with Crippen LogP contribution in [0.4, 0.5) is 5.69 Å². The Bertz CT molecular complexity index is 953. The van der Waals surface area contributed by atoms with Crippen LogP contribution in [0.1, 0.15) is 22.8 Å². The maximum Gasteiger partial charge on any atom is 0.261 e. The standard InChI is InChI=1S/C20H24N2O5S/c1-3-15-14-16(8-9-19(15)26-2)28(24,25)21-18-7-5-4-6-17(18)20(23)22-10-12-27-13-11-22/h4-9,14,21H,3,10-13H2,1-2H3. The molecule has 1 heterocycles. The fraction of sp³-hybridized carbons (Fsp3) is 0.350. The second kappa shape index (κ2) is 8.62. The van der Waals surface area contributed by atoms with Gasteiger partial charge in [0.15, 0.2) is 0 Å². The van der Waals surface area contributed by atoms with Crippen molar-refractivity contribution >= 4 is 21.6 Å². The van der Waals surface area contributed by atoms with E-state index in [1.165, 1.54) is 6.07 Å². The third-order valence-electron chi connectivity index (χ3n) is 4.64. The average Bonchev–Trinajstić information content (AvgIpc) is 2.73. The van der Waals surface area contributed by atoms with E-state index >= 15 is 0 Å². The van der Waals surface area contributed by atoms with Crippen molar-refractivity contribution in [3.8, 4) is 5.75 Å². The number of methoxy groups -OCH3 is 1. The largest absolute Gasteiger partial charge is 0.496 e. The maximum absolute atomic E-state index is 12.9. The zero-order valence-electron chi connectivity index (χ0n) is 16.0. The quantitative estimate of drug-likeness (QED) is 0.800. The molecule has 7 nitrogen and oxygen atoms in total. The van der Waals surface area contributed by atoms with Crippen molar-refractivity contribution in [3.63, 3.8) is 0 Å². The molecule has 0 saturated carbocycles. The van der Waals surface area contributed by atoms with Gasteiger partial charge in [0.05, 0.1) is 36.5 Å². The monoisotopic (exact) mass is 404 g/mol. The van der Waals surface area contributed by atoms with Gasteiger partial charge in [-0.15, -0.1) is 0 Å². The van der Waals surface area contributed by atoms with E-state index in [1.807, 2.05) is 6.92 Å². The first kappa shape index (κ1) is 20.2. The third kappa shape index (κ3) is 4.28. The van der Waals surface area contributed by atoms with Crippen molar-refractivity contribution in [1.29, 1.82) is 0 Å². The van der Waals surface area contributed by atoms with E-state index in [1.54, 1.807) is 48.4 Å². The molecule has 0 atom stereocenters. The smallest absolute Gasteiger partial charge is 0.261 e. The zero-order valence-corrected chi connectivity index (χ0v) is 16.8. The first-order valence-corrected chi connectivity index (χ1v) is 10.6. The number of nitrogens with one attached hydrogen (secondary N) is 1. The van der Waals surface area contributed by atoms with E-state index in [2.05, 4.69) is 4.72 Å². The number of amides is 1. The molecule has 1 N–H and O–H groups in total. The number of carbonyl (C=O) groups excluding carboxylic acids is 1. The molecular weight excluding hydrogens is 380 g/mol. The van der Waals surface area contributed by atoms with Gasteiger partial charge >= 0.3 is 0 Å². The molecule has 2 aromatic rings. The number of rotatable bonds is 6. The number of hydrogen-bond acceptors (Lipinski definition) is 5. The number of aryl methyl sites for hydroxylation is 1. The van der Waals surface area contributed by atoms with Crippen molar-refractivity contribution in [2.24, 2.45) is 0 Å². The molecule has 150 valence electrons. The molecule has 0 aliphatic carbocycles. The normalized spacial score (nSPS) is 14.6. The van der Waals surface area contributed by atoms with E-state index in [9.17, 15) is 13.2 Å². The second-order valence-electron chi connectivity index (χ2n) is 6.38. The summed E-state index contributed by atoms with van der Waals surface area (Å²) in [6.45, 7) is 3.85. The molecule has 0 unspecified atom stereocenters. The van der Waals surface area contributed by atoms with Gasteiger partial charge in [0.1, 0.15) is 5.75 Å². The fourth-order valence-electron chi connectivity index (χ4n) is 3.10. The summed E-state index contributed by atoms with van der Waals surface area (Å²) in [6, 6.07) is 11.3. The van der Waals surface area contributed by atoms with Crippen LogP contribution in [0.2, 0.25) is 0 Å². The minimum absolute atomic E-state index is 0.124. The van der Waals surface area contributed by atoms with Crippen LogP contribution in [0.3, 0.4) is 0 Å². The lowest BCUT2D eigenvalue weighted by molar-refractivity contribution is 0.0303. The van der Waals surface area contributed by atoms with Crippen LogP contribution in [0, 0.1) is 0 Å². The highest BCUT2D eigenvalue weighted by molar-refractivity contribution is 7.92. The van der Waals surface area contributed by atoms with E-state index in [0.717, 1.165) is 5.56 Å². The van der Waals surface area contributed by atoms with E-state index in [4.69, 9.17) is 9.47 Å². The van der Waals surface area contributed by atoms with E-state index < -0.39 is 10.0 Å². The number of para-hydroxylation sites is 1. The molecule has 1 saturated heterocycles. The van der Waals surface area contributed by atoms with Gasteiger partial charge in [-0.3, -0.25) is 9.52 Å². The number of benzene rings is 2. The van der Waals surface area contributed by atoms with Crippen LogP contribution < -0.4 is 9.46 Å². The van der Waals surface area contributed by atoms with Gasteiger partial charge in [-0.25, -0.2) is 8.42 Å². The van der Waals surface area contributed by atoms with Crippen LogP contribution in [0.25, 0.3) is 0 Å². The second-order valence-corrected chi connectivity index (χ2v) is 8.07. The maximum atomic E-state index is 12.9. The summed E-state index contributed by atoms with van der Waals surface area (Å²) < 4.78 is 39.0. The van der Waals surface area contributed by atoms with Crippen molar-refractivity contribution in [1.82, 2.24) is 4.90 Å². The fourth-order valence-corrected chi connectivity index (χ4v) is 4.23. The molecule has 1 amide bonds. The van der Waals surface area contributed by atoms with Crippen molar-refractivity contribution < 1.29 is 22.7 Å². The predicted octanol–water partition coefficient (Wildman–Crippen LogP) is 2.53. The Hall–Kier alpha value is -2.58. The minimum Gasteiger partial charge on any atom is -0.496 e. The molecule has 3 rings (SSSR count). The lowest BCUT2D eigenvalue weighted by atomic mass is 10.1. The van der Waals surface area contributed by atoms with Crippen molar-refractivity contribution in [2.45, 2.75) is 18.2 Å². The molecule has 1 fully saturated rings. The molecule has 8 heteroatoms. The van der Waals surface area contributed by atoms with Gasteiger partial charge in [0, 0.05) is 13.1 Å². The Labute approximate surface area is 165 Å². The summed E-state index contributed by atoms with van der Waals surface area (Å²) in [6.07, 6.45) is 0.638. The predicted molar refractivity (Wildman–Crippen MR) is 106 cm³/mol. The lowest BCUT2D eigenvalue weighted by Gasteiger charge is -2.27. The minimum atomic E-state index is -3.86. The van der Waals surface area contributed by atoms with Crippen molar-refractivity contribution in [2.75, 3.05) is 38.1 Å². The molecule has 0 aromatic heterocycles. The molecular formula is C20H24N2O5S. The van der Waals surface area contributed by atoms with Crippen LogP contribution in [0.15, 0.2) is 47.4 Å². The molecule has 2 aromatic carbocycles. The van der Waals surface area contributed by atoms with Gasteiger partial charge in [-0.05, 0) is 42.3 Å². The van der Waals surface area contributed by atoms with Crippen LogP contribution in [-0.2, 0) is 21.2 Å². The summed E-state index contributed by atoms with van der Waals surface area (Å²) >= 11 is 0. The number of hydrogen-bond donors (Lipinski definition) is 1. The SMILES string of the molecule is CCc1cc(S(=O)(=O)Nc2ccccc2C(=O)N2CCOCC2)ccc1OC. The number of nitrogens with zero attached hydrogens (tertiary/aromatic N) is 1. The Morgan fingerprint density at radius 2 is 1.89 bits per heavy atom. The number of sulfonamides is 1. The summed E-state index contributed by atoms with van der Waals surface area (Å²) in [5, 5.41) is 0. The number of anilines is 1. The highest BCUT2D eigenvalue weighted by atomic mass is 32.2. The Morgan fingerprint density at radius 3 is 2.57 bits per heavy atom. The van der Waals surface area contributed by atoms with Gasteiger partial charge in [-0.1, -0.05) is 19.1 Å². The topological polar surface area (TPSA) is 84.9 Å². The molecule has 0 spiro atoms. The summed E-state index contributed by atoms with van der Waals surface area (Å²) in [5.41, 5.74) is 1.37.